The highest BCUT2D eigenvalue weighted by molar-refractivity contribution is 6.30. The second-order valence-corrected chi connectivity index (χ2v) is 7.33. The Balaban J connectivity index is 1.42. The first-order valence-electron chi connectivity index (χ1n) is 9.03. The number of rotatable bonds is 7. The molecule has 1 aromatic rings. The van der Waals surface area contributed by atoms with Gasteiger partial charge in [-0.1, -0.05) is 11.6 Å². The van der Waals surface area contributed by atoms with Crippen LogP contribution >= 0.6 is 11.6 Å². The summed E-state index contributed by atoms with van der Waals surface area (Å²) in [7, 11) is 0. The van der Waals surface area contributed by atoms with E-state index in [1.165, 1.54) is 0 Å². The Kier molecular flexibility index (Phi) is 5.84. The first kappa shape index (κ1) is 18.1. The number of nitrogens with one attached hydrogen (secondary N) is 1. The summed E-state index contributed by atoms with van der Waals surface area (Å²) in [5.74, 6) is 0.853. The molecule has 2 aliphatic rings. The van der Waals surface area contributed by atoms with Crippen LogP contribution < -0.4 is 10.1 Å². The second kappa shape index (κ2) is 8.09. The standard InChI is InChI=1S/C19H25ClN2O3/c1-13-12-14(20)6-9-17(13)25-11-3-5-18(23)22-10-2-4-16(22)19(24)21-15-7-8-15/h6,9,12,15-16H,2-5,7-8,10-11H2,1H3,(H,21,24)/t16-/m0/s1. The van der Waals surface area contributed by atoms with Crippen LogP contribution in [-0.2, 0) is 9.59 Å². The van der Waals surface area contributed by atoms with Crippen LogP contribution in [0, 0.1) is 6.92 Å². The van der Waals surface area contributed by atoms with Crippen molar-refractivity contribution in [2.45, 2.75) is 57.5 Å². The number of carbonyl (C=O) groups excluding carboxylic acids is 2. The molecule has 25 heavy (non-hydrogen) atoms. The van der Waals surface area contributed by atoms with E-state index in [9.17, 15) is 9.59 Å². The summed E-state index contributed by atoms with van der Waals surface area (Å²) >= 11 is 5.93. The number of carbonyl (C=O) groups is 2. The molecule has 0 spiro atoms. The third kappa shape index (κ3) is 4.88. The number of hydrogen-bond acceptors (Lipinski definition) is 3. The third-order valence-electron chi connectivity index (χ3n) is 4.73. The maximum absolute atomic E-state index is 12.5. The van der Waals surface area contributed by atoms with Crippen molar-refractivity contribution in [2.24, 2.45) is 0 Å². The number of aryl methyl sites for hydroxylation is 1. The predicted molar refractivity (Wildman–Crippen MR) is 96.8 cm³/mol. The summed E-state index contributed by atoms with van der Waals surface area (Å²) in [6.07, 6.45) is 4.83. The zero-order valence-corrected chi connectivity index (χ0v) is 15.3. The summed E-state index contributed by atoms with van der Waals surface area (Å²) in [6.45, 7) is 3.10. The van der Waals surface area contributed by atoms with E-state index in [1.807, 2.05) is 19.1 Å². The van der Waals surface area contributed by atoms with E-state index in [4.69, 9.17) is 16.3 Å². The molecule has 0 aromatic heterocycles. The summed E-state index contributed by atoms with van der Waals surface area (Å²) in [6, 6.07) is 5.55. The molecular formula is C19H25ClN2O3. The molecule has 1 aliphatic carbocycles. The molecule has 1 heterocycles. The molecule has 6 heteroatoms. The molecule has 5 nitrogen and oxygen atoms in total. The summed E-state index contributed by atoms with van der Waals surface area (Å²) in [5.41, 5.74) is 0.982. The Labute approximate surface area is 153 Å². The zero-order chi connectivity index (χ0) is 17.8. The van der Waals surface area contributed by atoms with Gasteiger partial charge in [-0.25, -0.2) is 0 Å². The minimum Gasteiger partial charge on any atom is -0.493 e. The lowest BCUT2D eigenvalue weighted by molar-refractivity contribution is -0.138. The van der Waals surface area contributed by atoms with Crippen molar-refractivity contribution in [1.29, 1.82) is 0 Å². The molecule has 0 unspecified atom stereocenters. The van der Waals surface area contributed by atoms with Crippen molar-refractivity contribution in [1.82, 2.24) is 10.2 Å². The van der Waals surface area contributed by atoms with E-state index >= 15 is 0 Å². The first-order valence-corrected chi connectivity index (χ1v) is 9.41. The lowest BCUT2D eigenvalue weighted by atomic mass is 10.2. The van der Waals surface area contributed by atoms with Crippen LogP contribution in [0.2, 0.25) is 5.02 Å². The van der Waals surface area contributed by atoms with Crippen LogP contribution in [-0.4, -0.2) is 41.9 Å². The average Bonchev–Trinajstić information content (AvgIpc) is 3.24. The molecule has 1 N–H and O–H groups in total. The lowest BCUT2D eigenvalue weighted by Gasteiger charge is -2.24. The molecule has 0 radical (unpaired) electrons. The number of ether oxygens (including phenoxy) is 1. The van der Waals surface area contributed by atoms with Crippen molar-refractivity contribution in [3.8, 4) is 5.75 Å². The number of hydrogen-bond donors (Lipinski definition) is 1. The molecule has 3 rings (SSSR count). The van der Waals surface area contributed by atoms with Gasteiger partial charge in [-0.05, 0) is 62.8 Å². The fourth-order valence-electron chi connectivity index (χ4n) is 3.19. The van der Waals surface area contributed by atoms with Crippen LogP contribution in [0.3, 0.4) is 0 Å². The van der Waals surface area contributed by atoms with Gasteiger partial charge in [-0.15, -0.1) is 0 Å². The Hall–Kier alpha value is -1.75. The van der Waals surface area contributed by atoms with E-state index < -0.39 is 0 Å². The third-order valence-corrected chi connectivity index (χ3v) is 4.96. The van der Waals surface area contributed by atoms with Gasteiger partial charge in [-0.3, -0.25) is 9.59 Å². The number of amides is 2. The molecule has 1 aliphatic heterocycles. The summed E-state index contributed by atoms with van der Waals surface area (Å²) in [5, 5.41) is 3.70. The van der Waals surface area contributed by atoms with Gasteiger partial charge in [-0.2, -0.15) is 0 Å². The van der Waals surface area contributed by atoms with Gasteiger partial charge < -0.3 is 15.0 Å². The van der Waals surface area contributed by atoms with E-state index in [0.29, 0.717) is 37.1 Å². The largest absolute Gasteiger partial charge is 0.493 e. The number of benzene rings is 1. The Bertz CT molecular complexity index is 646. The average molecular weight is 365 g/mol. The molecule has 1 saturated carbocycles. The van der Waals surface area contributed by atoms with Gasteiger partial charge in [0.15, 0.2) is 0 Å². The maximum atomic E-state index is 12.5. The minimum absolute atomic E-state index is 0.0152. The van der Waals surface area contributed by atoms with E-state index in [0.717, 1.165) is 37.0 Å². The van der Waals surface area contributed by atoms with Gasteiger partial charge in [0.05, 0.1) is 6.61 Å². The molecule has 1 aromatic carbocycles. The van der Waals surface area contributed by atoms with Crippen molar-refractivity contribution in [3.63, 3.8) is 0 Å². The fraction of sp³-hybridized carbons (Fsp3) is 0.579. The van der Waals surface area contributed by atoms with Crippen molar-refractivity contribution < 1.29 is 14.3 Å². The van der Waals surface area contributed by atoms with Gasteiger partial charge in [0, 0.05) is 24.0 Å². The fourth-order valence-corrected chi connectivity index (χ4v) is 3.41. The Morgan fingerprint density at radius 1 is 1.32 bits per heavy atom. The van der Waals surface area contributed by atoms with Crippen molar-refractivity contribution in [2.75, 3.05) is 13.2 Å². The molecule has 0 bridgehead atoms. The quantitative estimate of drug-likeness (QED) is 0.756. The minimum atomic E-state index is -0.285. The van der Waals surface area contributed by atoms with E-state index in [2.05, 4.69) is 5.32 Å². The molecule has 2 amide bonds. The van der Waals surface area contributed by atoms with Gasteiger partial charge in [0.1, 0.15) is 11.8 Å². The van der Waals surface area contributed by atoms with Gasteiger partial charge >= 0.3 is 0 Å². The highest BCUT2D eigenvalue weighted by Crippen LogP contribution is 2.24. The Morgan fingerprint density at radius 2 is 2.12 bits per heavy atom. The number of likely N-dealkylation sites (tertiary alicyclic amines) is 1. The highest BCUT2D eigenvalue weighted by atomic mass is 35.5. The van der Waals surface area contributed by atoms with Crippen LogP contribution in [0.4, 0.5) is 0 Å². The molecule has 1 atom stereocenters. The summed E-state index contributed by atoms with van der Waals surface area (Å²) < 4.78 is 5.73. The maximum Gasteiger partial charge on any atom is 0.243 e. The summed E-state index contributed by atoms with van der Waals surface area (Å²) in [4.78, 5) is 26.4. The predicted octanol–water partition coefficient (Wildman–Crippen LogP) is 3.08. The van der Waals surface area contributed by atoms with Crippen LogP contribution in [0.15, 0.2) is 18.2 Å². The molecule has 2 fully saturated rings. The van der Waals surface area contributed by atoms with E-state index in [-0.39, 0.29) is 17.9 Å². The second-order valence-electron chi connectivity index (χ2n) is 6.89. The monoisotopic (exact) mass is 364 g/mol. The first-order chi connectivity index (χ1) is 12.0. The molecule has 136 valence electrons. The van der Waals surface area contributed by atoms with Crippen LogP contribution in [0.25, 0.3) is 0 Å². The molecule has 1 saturated heterocycles. The normalized spacial score (nSPS) is 19.8. The van der Waals surface area contributed by atoms with Crippen LogP contribution in [0.1, 0.15) is 44.1 Å². The Morgan fingerprint density at radius 3 is 2.84 bits per heavy atom. The van der Waals surface area contributed by atoms with Gasteiger partial charge in [0.2, 0.25) is 11.8 Å². The SMILES string of the molecule is Cc1cc(Cl)ccc1OCCCC(=O)N1CCC[C@H]1C(=O)NC1CC1. The lowest BCUT2D eigenvalue weighted by Crippen LogP contribution is -2.46. The number of nitrogens with zero attached hydrogens (tertiary/aromatic N) is 1. The highest BCUT2D eigenvalue weighted by Gasteiger charge is 2.36. The van der Waals surface area contributed by atoms with Crippen LogP contribution in [0.5, 0.6) is 5.75 Å². The number of halogens is 1. The zero-order valence-electron chi connectivity index (χ0n) is 14.6. The van der Waals surface area contributed by atoms with Crippen molar-refractivity contribution >= 4 is 23.4 Å². The topological polar surface area (TPSA) is 58.6 Å². The molecular weight excluding hydrogens is 340 g/mol. The van der Waals surface area contributed by atoms with Crippen molar-refractivity contribution in [3.05, 3.63) is 28.8 Å². The smallest absolute Gasteiger partial charge is 0.243 e. The van der Waals surface area contributed by atoms with Gasteiger partial charge in [0.25, 0.3) is 0 Å². The van der Waals surface area contributed by atoms with E-state index in [1.54, 1.807) is 11.0 Å².